The molecule has 3 aromatic rings. The first-order valence-electron chi connectivity index (χ1n) is 10.8. The lowest BCUT2D eigenvalue weighted by molar-refractivity contribution is 0.0511. The van der Waals surface area contributed by atoms with E-state index in [1.165, 1.54) is 12.5 Å². The third kappa shape index (κ3) is 5.30. The largest absolute Gasteiger partial charge is 0.474 e. The predicted octanol–water partition coefficient (Wildman–Crippen LogP) is 3.01. The van der Waals surface area contributed by atoms with Gasteiger partial charge < -0.3 is 14.4 Å². The minimum absolute atomic E-state index is 0.0154. The van der Waals surface area contributed by atoms with Gasteiger partial charge >= 0.3 is 6.09 Å². The lowest BCUT2D eigenvalue weighted by Crippen LogP contribution is -2.42. The number of carbonyl (C=O) groups excluding carboxylic acids is 1. The average molecular weight is 508 g/mol. The van der Waals surface area contributed by atoms with Crippen LogP contribution in [0.1, 0.15) is 26.7 Å². The van der Waals surface area contributed by atoms with Gasteiger partial charge in [0.15, 0.2) is 0 Å². The van der Waals surface area contributed by atoms with E-state index in [4.69, 9.17) is 14.6 Å². The van der Waals surface area contributed by atoms with E-state index in [1.54, 1.807) is 24.8 Å². The number of primary sulfonamides is 1. The SMILES string of the molecule is CC(C)OC(=O)N1CCC(Oc2ncnc3c(-c4cc(F)c(S(N)(=O)=O)cc4F)nccc23)CC1. The first-order valence-corrected chi connectivity index (χ1v) is 12.3. The van der Waals surface area contributed by atoms with Crippen LogP contribution in [0.2, 0.25) is 0 Å². The van der Waals surface area contributed by atoms with Crippen molar-refractivity contribution in [3.63, 3.8) is 0 Å². The molecule has 4 rings (SSSR count). The van der Waals surface area contributed by atoms with Crippen LogP contribution in [-0.2, 0) is 14.8 Å². The summed E-state index contributed by atoms with van der Waals surface area (Å²) in [5.41, 5.74) is -0.113. The quantitative estimate of drug-likeness (QED) is 0.556. The molecule has 0 unspecified atom stereocenters. The molecule has 3 heterocycles. The van der Waals surface area contributed by atoms with Gasteiger partial charge in [0.1, 0.15) is 34.5 Å². The van der Waals surface area contributed by atoms with Crippen LogP contribution in [0.5, 0.6) is 5.88 Å². The van der Waals surface area contributed by atoms with Crippen molar-refractivity contribution in [3.8, 4) is 17.1 Å². The summed E-state index contributed by atoms with van der Waals surface area (Å²) < 4.78 is 63.5. The molecule has 186 valence electrons. The van der Waals surface area contributed by atoms with E-state index in [1.807, 2.05) is 0 Å². The van der Waals surface area contributed by atoms with Crippen molar-refractivity contribution in [3.05, 3.63) is 42.4 Å². The van der Waals surface area contributed by atoms with Crippen LogP contribution >= 0.6 is 0 Å². The Balaban J connectivity index is 1.60. The molecule has 1 aliphatic rings. The normalized spacial score (nSPS) is 15.0. The maximum atomic E-state index is 14.8. The number of pyridine rings is 1. The number of sulfonamides is 1. The zero-order chi connectivity index (χ0) is 25.3. The van der Waals surface area contributed by atoms with Gasteiger partial charge in [-0.1, -0.05) is 0 Å². The van der Waals surface area contributed by atoms with Crippen molar-refractivity contribution in [1.82, 2.24) is 19.9 Å². The van der Waals surface area contributed by atoms with Gasteiger partial charge in [-0.3, -0.25) is 4.98 Å². The van der Waals surface area contributed by atoms with Crippen molar-refractivity contribution in [2.24, 2.45) is 5.14 Å². The molecule has 0 aliphatic carbocycles. The van der Waals surface area contributed by atoms with Crippen molar-refractivity contribution in [1.29, 1.82) is 0 Å². The fraction of sp³-hybridized carbons (Fsp3) is 0.364. The lowest BCUT2D eigenvalue weighted by Gasteiger charge is -2.31. The molecule has 0 radical (unpaired) electrons. The second-order valence-electron chi connectivity index (χ2n) is 8.28. The standard InChI is InChI=1S/C22H23F2N5O5S/c1-12(2)33-22(30)29-7-4-13(5-8-29)34-21-14-3-6-26-20(19(14)27-11-28-21)15-9-17(24)18(10-16(15)23)35(25,31)32/h3,6,9-13H,4-5,7-8H2,1-2H3,(H2,25,31,32). The number of aromatic nitrogens is 3. The van der Waals surface area contributed by atoms with Gasteiger partial charge in [-0.2, -0.15) is 0 Å². The Kier molecular flexibility index (Phi) is 6.81. The smallest absolute Gasteiger partial charge is 0.410 e. The number of rotatable bonds is 5. The zero-order valence-corrected chi connectivity index (χ0v) is 19.8. The molecule has 2 N–H and O–H groups in total. The van der Waals surface area contributed by atoms with E-state index in [2.05, 4.69) is 15.0 Å². The lowest BCUT2D eigenvalue weighted by atomic mass is 10.1. The molecule has 1 aromatic carbocycles. The minimum atomic E-state index is -4.45. The molecule has 1 saturated heterocycles. The van der Waals surface area contributed by atoms with Gasteiger partial charge in [0, 0.05) is 37.7 Å². The summed E-state index contributed by atoms with van der Waals surface area (Å²) in [5.74, 6) is -2.02. The fourth-order valence-electron chi connectivity index (χ4n) is 3.78. The number of carbonyl (C=O) groups is 1. The Hall–Kier alpha value is -3.45. The molecule has 10 nitrogen and oxygen atoms in total. The van der Waals surface area contributed by atoms with Crippen LogP contribution in [0.15, 0.2) is 35.6 Å². The summed E-state index contributed by atoms with van der Waals surface area (Å²) in [6.45, 7) is 4.47. The van der Waals surface area contributed by atoms with E-state index in [0.717, 1.165) is 0 Å². The number of hydrogen-bond donors (Lipinski definition) is 1. The van der Waals surface area contributed by atoms with Crippen LogP contribution in [-0.4, -0.2) is 59.7 Å². The Morgan fingerprint density at radius 3 is 2.51 bits per heavy atom. The first kappa shape index (κ1) is 24.7. The van der Waals surface area contributed by atoms with E-state index < -0.39 is 26.6 Å². The van der Waals surface area contributed by atoms with E-state index in [9.17, 15) is 22.0 Å². The van der Waals surface area contributed by atoms with Crippen LogP contribution in [0.25, 0.3) is 22.2 Å². The van der Waals surface area contributed by atoms with Crippen LogP contribution in [0.3, 0.4) is 0 Å². The van der Waals surface area contributed by atoms with Crippen molar-refractivity contribution in [2.45, 2.75) is 43.8 Å². The second kappa shape index (κ2) is 9.66. The topological polar surface area (TPSA) is 138 Å². The minimum Gasteiger partial charge on any atom is -0.474 e. The van der Waals surface area contributed by atoms with Crippen LogP contribution in [0.4, 0.5) is 13.6 Å². The number of piperidine rings is 1. The average Bonchev–Trinajstić information content (AvgIpc) is 2.79. The molecular weight excluding hydrogens is 484 g/mol. The van der Waals surface area contributed by atoms with Gasteiger partial charge in [0.25, 0.3) is 0 Å². The number of hydrogen-bond acceptors (Lipinski definition) is 8. The predicted molar refractivity (Wildman–Crippen MR) is 121 cm³/mol. The Labute approximate surface area is 200 Å². The van der Waals surface area contributed by atoms with Gasteiger partial charge in [-0.05, 0) is 32.0 Å². The fourth-order valence-corrected chi connectivity index (χ4v) is 4.37. The number of benzene rings is 1. The summed E-state index contributed by atoms with van der Waals surface area (Å²) in [6, 6.07) is 2.80. The molecule has 0 saturated carbocycles. The molecule has 1 amide bonds. The van der Waals surface area contributed by atoms with E-state index >= 15 is 0 Å². The first-order chi connectivity index (χ1) is 16.5. The molecule has 13 heteroatoms. The third-order valence-corrected chi connectivity index (χ3v) is 6.34. The number of fused-ring (bicyclic) bond motifs is 1. The number of nitrogens with zero attached hydrogens (tertiary/aromatic N) is 4. The highest BCUT2D eigenvalue weighted by atomic mass is 32.2. The maximum Gasteiger partial charge on any atom is 0.410 e. The molecule has 2 aromatic heterocycles. The monoisotopic (exact) mass is 507 g/mol. The zero-order valence-electron chi connectivity index (χ0n) is 18.9. The molecular formula is C22H23F2N5O5S. The number of likely N-dealkylation sites (tertiary alicyclic amines) is 1. The molecule has 1 fully saturated rings. The van der Waals surface area contributed by atoms with Crippen molar-refractivity contribution < 1.29 is 31.5 Å². The molecule has 35 heavy (non-hydrogen) atoms. The van der Waals surface area contributed by atoms with E-state index in [0.29, 0.717) is 43.5 Å². The van der Waals surface area contributed by atoms with Crippen LogP contribution in [0, 0.1) is 11.6 Å². The maximum absolute atomic E-state index is 14.8. The summed E-state index contributed by atoms with van der Waals surface area (Å²) in [7, 11) is -4.45. The molecule has 0 spiro atoms. The van der Waals surface area contributed by atoms with Gasteiger partial charge in [-0.15, -0.1) is 0 Å². The molecule has 0 bridgehead atoms. The highest BCUT2D eigenvalue weighted by molar-refractivity contribution is 7.89. The Morgan fingerprint density at radius 1 is 1.14 bits per heavy atom. The number of nitrogens with two attached hydrogens (primary N) is 1. The second-order valence-corrected chi connectivity index (χ2v) is 9.81. The number of halogens is 2. The van der Waals surface area contributed by atoms with Gasteiger partial charge in [0.05, 0.1) is 17.2 Å². The van der Waals surface area contributed by atoms with Crippen molar-refractivity contribution in [2.75, 3.05) is 13.1 Å². The number of ether oxygens (including phenoxy) is 2. The Bertz CT molecular complexity index is 1380. The van der Waals surface area contributed by atoms with E-state index in [-0.39, 0.29) is 41.0 Å². The summed E-state index contributed by atoms with van der Waals surface area (Å²) in [4.78, 5) is 25.2. The van der Waals surface area contributed by atoms with Crippen LogP contribution < -0.4 is 9.88 Å². The van der Waals surface area contributed by atoms with Crippen molar-refractivity contribution >= 4 is 27.0 Å². The number of amides is 1. The summed E-state index contributed by atoms with van der Waals surface area (Å²) in [5, 5.41) is 5.36. The summed E-state index contributed by atoms with van der Waals surface area (Å²) in [6.07, 6.45) is 2.85. The highest BCUT2D eigenvalue weighted by Gasteiger charge is 2.27. The highest BCUT2D eigenvalue weighted by Crippen LogP contribution is 2.33. The van der Waals surface area contributed by atoms with Gasteiger partial charge in [-0.25, -0.2) is 37.1 Å². The molecule has 1 aliphatic heterocycles. The third-order valence-electron chi connectivity index (χ3n) is 5.41. The summed E-state index contributed by atoms with van der Waals surface area (Å²) >= 11 is 0. The Morgan fingerprint density at radius 2 is 1.86 bits per heavy atom. The molecule has 0 atom stereocenters. The van der Waals surface area contributed by atoms with Gasteiger partial charge in [0.2, 0.25) is 15.9 Å².